The molecule has 0 atom stereocenters. The highest BCUT2D eigenvalue weighted by molar-refractivity contribution is 6.31. The van der Waals surface area contributed by atoms with E-state index in [-0.39, 0.29) is 5.63 Å². The smallest absolute Gasteiger partial charge is 0.343 e. The number of benzene rings is 1. The quantitative estimate of drug-likeness (QED) is 0.643. The first-order chi connectivity index (χ1) is 7.25. The van der Waals surface area contributed by atoms with Crippen molar-refractivity contribution in [2.45, 2.75) is 6.42 Å². The molecule has 1 aromatic heterocycles. The molecule has 0 saturated carbocycles. The van der Waals surface area contributed by atoms with E-state index in [1.165, 1.54) is 0 Å². The van der Waals surface area contributed by atoms with E-state index >= 15 is 0 Å². The Labute approximate surface area is 90.2 Å². The van der Waals surface area contributed by atoms with Crippen molar-refractivity contribution in [1.29, 1.82) is 0 Å². The summed E-state index contributed by atoms with van der Waals surface area (Å²) in [5.74, 6) is 0.628. The third-order valence-corrected chi connectivity index (χ3v) is 2.74. The summed E-state index contributed by atoms with van der Waals surface area (Å²) in [6, 6.07) is 5.12. The van der Waals surface area contributed by atoms with Crippen LogP contribution in [0.3, 0.4) is 0 Å². The van der Waals surface area contributed by atoms with Gasteiger partial charge in [-0.25, -0.2) is 4.79 Å². The van der Waals surface area contributed by atoms with Crippen LogP contribution in [0.4, 0.5) is 0 Å². The van der Waals surface area contributed by atoms with Crippen LogP contribution in [0, 0.1) is 0 Å². The molecule has 76 valence electrons. The zero-order valence-corrected chi connectivity index (χ0v) is 8.50. The lowest BCUT2D eigenvalue weighted by Crippen LogP contribution is -2.04. The van der Waals surface area contributed by atoms with Gasteiger partial charge in [0.25, 0.3) is 0 Å². The Morgan fingerprint density at radius 2 is 2.20 bits per heavy atom. The molecule has 0 amide bonds. The monoisotopic (exact) mass is 222 g/mol. The van der Waals surface area contributed by atoms with E-state index in [1.54, 1.807) is 18.2 Å². The lowest BCUT2D eigenvalue weighted by Gasteiger charge is -2.03. The van der Waals surface area contributed by atoms with Crippen LogP contribution in [-0.4, -0.2) is 6.61 Å². The number of hydrogen-bond acceptors (Lipinski definition) is 3. The van der Waals surface area contributed by atoms with E-state index < -0.39 is 0 Å². The fourth-order valence-corrected chi connectivity index (χ4v) is 1.99. The van der Waals surface area contributed by atoms with Crippen molar-refractivity contribution in [3.8, 4) is 5.75 Å². The van der Waals surface area contributed by atoms with Gasteiger partial charge in [0.15, 0.2) is 0 Å². The minimum absolute atomic E-state index is 0.308. The van der Waals surface area contributed by atoms with E-state index in [9.17, 15) is 4.79 Å². The summed E-state index contributed by atoms with van der Waals surface area (Å²) in [5.41, 5.74) is 0.826. The van der Waals surface area contributed by atoms with Gasteiger partial charge in [0.05, 0.1) is 17.6 Å². The van der Waals surface area contributed by atoms with Crippen LogP contribution in [0.15, 0.2) is 27.4 Å². The van der Waals surface area contributed by atoms with Crippen molar-refractivity contribution in [1.82, 2.24) is 0 Å². The third kappa shape index (κ3) is 1.23. The van der Waals surface area contributed by atoms with Gasteiger partial charge in [-0.2, -0.15) is 0 Å². The predicted octanol–water partition coefficient (Wildman–Crippen LogP) is 2.38. The Morgan fingerprint density at radius 3 is 3.07 bits per heavy atom. The Balaban J connectivity index is 2.49. The molecule has 0 spiro atoms. The first-order valence-corrected chi connectivity index (χ1v) is 5.01. The summed E-state index contributed by atoms with van der Waals surface area (Å²) in [6.45, 7) is 0.533. The second kappa shape index (κ2) is 3.00. The van der Waals surface area contributed by atoms with Gasteiger partial charge in [-0.05, 0) is 18.2 Å². The molecular weight excluding hydrogens is 216 g/mol. The van der Waals surface area contributed by atoms with Crippen LogP contribution < -0.4 is 10.4 Å². The van der Waals surface area contributed by atoms with E-state index in [2.05, 4.69) is 0 Å². The molecule has 0 aliphatic carbocycles. The SMILES string of the molecule is O=c1oc2ccc(Cl)cc2c2c1CCO2. The zero-order valence-electron chi connectivity index (χ0n) is 7.75. The maximum atomic E-state index is 11.5. The molecule has 0 fully saturated rings. The van der Waals surface area contributed by atoms with E-state index in [0.717, 1.165) is 5.39 Å². The highest BCUT2D eigenvalue weighted by atomic mass is 35.5. The summed E-state index contributed by atoms with van der Waals surface area (Å²) in [7, 11) is 0. The third-order valence-electron chi connectivity index (χ3n) is 2.51. The Kier molecular flexibility index (Phi) is 1.76. The predicted molar refractivity (Wildman–Crippen MR) is 56.7 cm³/mol. The fraction of sp³-hybridized carbons (Fsp3) is 0.182. The van der Waals surface area contributed by atoms with Crippen molar-refractivity contribution in [3.63, 3.8) is 0 Å². The number of ether oxygens (including phenoxy) is 1. The van der Waals surface area contributed by atoms with Crippen molar-refractivity contribution in [2.75, 3.05) is 6.61 Å². The highest BCUT2D eigenvalue weighted by Crippen LogP contribution is 2.32. The second-order valence-corrected chi connectivity index (χ2v) is 3.87. The topological polar surface area (TPSA) is 39.4 Å². The van der Waals surface area contributed by atoms with Gasteiger partial charge in [-0.3, -0.25) is 0 Å². The molecule has 0 radical (unpaired) electrons. The molecule has 0 unspecified atom stereocenters. The number of rotatable bonds is 0. The van der Waals surface area contributed by atoms with Crippen molar-refractivity contribution < 1.29 is 9.15 Å². The van der Waals surface area contributed by atoms with Gasteiger partial charge >= 0.3 is 5.63 Å². The van der Waals surface area contributed by atoms with Crippen LogP contribution >= 0.6 is 11.6 Å². The molecule has 3 rings (SSSR count). The average Bonchev–Trinajstić information content (AvgIpc) is 2.69. The molecule has 15 heavy (non-hydrogen) atoms. The van der Waals surface area contributed by atoms with Crippen molar-refractivity contribution in [2.24, 2.45) is 0 Å². The summed E-state index contributed by atoms with van der Waals surface area (Å²) < 4.78 is 10.6. The van der Waals surface area contributed by atoms with Gasteiger partial charge in [0.1, 0.15) is 11.3 Å². The number of hydrogen-bond donors (Lipinski definition) is 0. The standard InChI is InChI=1S/C11H7ClO3/c12-6-1-2-9-8(5-6)10-7(3-4-14-10)11(13)15-9/h1-2,5H,3-4H2. The molecule has 0 N–H and O–H groups in total. The fourth-order valence-electron chi connectivity index (χ4n) is 1.82. The largest absolute Gasteiger partial charge is 0.492 e. The van der Waals surface area contributed by atoms with Crippen molar-refractivity contribution >= 4 is 22.6 Å². The second-order valence-electron chi connectivity index (χ2n) is 3.44. The summed E-state index contributed by atoms with van der Waals surface area (Å²) in [5, 5.41) is 1.38. The van der Waals surface area contributed by atoms with Crippen molar-refractivity contribution in [3.05, 3.63) is 39.2 Å². The zero-order chi connectivity index (χ0) is 10.4. The van der Waals surface area contributed by atoms with Gasteiger partial charge in [0, 0.05) is 11.4 Å². The highest BCUT2D eigenvalue weighted by Gasteiger charge is 2.21. The Hall–Kier alpha value is -1.48. The van der Waals surface area contributed by atoms with E-state index in [1.807, 2.05) is 0 Å². The molecule has 1 aliphatic heterocycles. The van der Waals surface area contributed by atoms with Gasteiger partial charge in [0.2, 0.25) is 0 Å². The van der Waals surface area contributed by atoms with Crippen LogP contribution in [-0.2, 0) is 6.42 Å². The summed E-state index contributed by atoms with van der Waals surface area (Å²) in [4.78, 5) is 11.5. The molecule has 0 bridgehead atoms. The maximum absolute atomic E-state index is 11.5. The summed E-state index contributed by atoms with van der Waals surface area (Å²) in [6.07, 6.45) is 0.611. The first-order valence-electron chi connectivity index (χ1n) is 4.64. The molecule has 1 aliphatic rings. The van der Waals surface area contributed by atoms with Gasteiger partial charge in [-0.15, -0.1) is 0 Å². The molecule has 1 aromatic carbocycles. The lowest BCUT2D eigenvalue weighted by atomic mass is 10.1. The minimum Gasteiger partial charge on any atom is -0.492 e. The number of fused-ring (bicyclic) bond motifs is 3. The molecule has 2 heterocycles. The maximum Gasteiger partial charge on any atom is 0.343 e. The van der Waals surface area contributed by atoms with Crippen LogP contribution in [0.25, 0.3) is 11.0 Å². The number of halogens is 1. The van der Waals surface area contributed by atoms with Crippen LogP contribution in [0.5, 0.6) is 5.75 Å². The summed E-state index contributed by atoms with van der Waals surface area (Å²) >= 11 is 5.88. The lowest BCUT2D eigenvalue weighted by molar-refractivity contribution is 0.360. The molecule has 3 nitrogen and oxygen atoms in total. The minimum atomic E-state index is -0.308. The Morgan fingerprint density at radius 1 is 1.33 bits per heavy atom. The molecular formula is C11H7ClO3. The van der Waals surface area contributed by atoms with Gasteiger partial charge < -0.3 is 9.15 Å². The molecule has 2 aromatic rings. The normalized spacial score (nSPS) is 13.9. The van der Waals surface area contributed by atoms with E-state index in [4.69, 9.17) is 20.8 Å². The van der Waals surface area contributed by atoms with Crippen LogP contribution in [0.1, 0.15) is 5.56 Å². The van der Waals surface area contributed by atoms with Crippen LogP contribution in [0.2, 0.25) is 5.02 Å². The average molecular weight is 223 g/mol. The van der Waals surface area contributed by atoms with Gasteiger partial charge in [-0.1, -0.05) is 11.6 Å². The first kappa shape index (κ1) is 8.80. The molecule has 0 saturated heterocycles. The Bertz CT molecular complexity index is 601. The van der Waals surface area contributed by atoms with E-state index in [0.29, 0.717) is 34.9 Å². The molecule has 4 heteroatoms.